The van der Waals surface area contributed by atoms with E-state index in [-0.39, 0.29) is 0 Å². The van der Waals surface area contributed by atoms with Crippen molar-refractivity contribution in [1.29, 1.82) is 0 Å². The number of piperazine rings is 1. The molecule has 1 atom stereocenters. The maximum Gasteiger partial charge on any atom is 0.0469 e. The molecule has 2 aliphatic heterocycles. The summed E-state index contributed by atoms with van der Waals surface area (Å²) in [6, 6.07) is 9.44. The fourth-order valence-electron chi connectivity index (χ4n) is 3.97. The van der Waals surface area contributed by atoms with Crippen molar-refractivity contribution in [3.05, 3.63) is 35.2 Å². The zero-order valence-corrected chi connectivity index (χ0v) is 13.8. The van der Waals surface area contributed by atoms with Crippen molar-refractivity contribution in [2.75, 3.05) is 39.4 Å². The fraction of sp³-hybridized carbons (Fsp3) is 0.556. The third kappa shape index (κ3) is 2.81. The summed E-state index contributed by atoms with van der Waals surface area (Å²) in [5.41, 5.74) is 1.55. The van der Waals surface area contributed by atoms with E-state index in [1.54, 1.807) is 5.56 Å². The van der Waals surface area contributed by atoms with Crippen LogP contribution in [0.1, 0.15) is 24.4 Å². The summed E-state index contributed by atoms with van der Waals surface area (Å²) in [5, 5.41) is 7.36. The fourth-order valence-corrected chi connectivity index (χ4v) is 4.96. The molecule has 1 aromatic carbocycles. The second-order valence-electron chi connectivity index (χ2n) is 6.37. The first kappa shape index (κ1) is 14.6. The first-order valence-corrected chi connectivity index (χ1v) is 9.30. The van der Waals surface area contributed by atoms with Gasteiger partial charge in [-0.1, -0.05) is 18.2 Å². The smallest absolute Gasteiger partial charge is 0.0469 e. The monoisotopic (exact) mass is 316 g/mol. The van der Waals surface area contributed by atoms with Gasteiger partial charge >= 0.3 is 0 Å². The Kier molecular flexibility index (Phi) is 4.44. The van der Waals surface area contributed by atoms with Gasteiger partial charge in [0.2, 0.25) is 0 Å². The molecule has 0 amide bonds. The van der Waals surface area contributed by atoms with Crippen LogP contribution < -0.4 is 5.32 Å². The minimum atomic E-state index is 0.558. The van der Waals surface area contributed by atoms with Gasteiger partial charge in [0.1, 0.15) is 0 Å². The van der Waals surface area contributed by atoms with Crippen molar-refractivity contribution < 1.29 is 4.74 Å². The van der Waals surface area contributed by atoms with Crippen LogP contribution in [0.5, 0.6) is 0 Å². The van der Waals surface area contributed by atoms with Crippen molar-refractivity contribution in [2.24, 2.45) is 5.92 Å². The van der Waals surface area contributed by atoms with Crippen LogP contribution in [0.15, 0.2) is 29.6 Å². The van der Waals surface area contributed by atoms with Crippen LogP contribution in [-0.4, -0.2) is 44.3 Å². The van der Waals surface area contributed by atoms with Gasteiger partial charge in [0.25, 0.3) is 0 Å². The van der Waals surface area contributed by atoms with Crippen LogP contribution in [0.25, 0.3) is 10.1 Å². The molecule has 0 radical (unpaired) electrons. The van der Waals surface area contributed by atoms with Gasteiger partial charge in [-0.15, -0.1) is 11.3 Å². The number of fused-ring (bicyclic) bond motifs is 1. The Hall–Kier alpha value is -0.940. The number of nitrogens with zero attached hydrogens (tertiary/aromatic N) is 1. The van der Waals surface area contributed by atoms with Crippen molar-refractivity contribution in [2.45, 2.75) is 18.9 Å². The molecule has 0 unspecified atom stereocenters. The Bertz CT molecular complexity index is 596. The largest absolute Gasteiger partial charge is 0.381 e. The third-order valence-corrected chi connectivity index (χ3v) is 6.07. The molecule has 2 saturated heterocycles. The Morgan fingerprint density at radius 1 is 1.14 bits per heavy atom. The Balaban J connectivity index is 1.71. The van der Waals surface area contributed by atoms with E-state index in [0.717, 1.165) is 45.3 Å². The lowest BCUT2D eigenvalue weighted by Gasteiger charge is -2.41. The maximum atomic E-state index is 5.61. The van der Waals surface area contributed by atoms with E-state index in [2.05, 4.69) is 39.9 Å². The number of rotatable bonds is 3. The van der Waals surface area contributed by atoms with E-state index < -0.39 is 0 Å². The number of nitrogens with one attached hydrogen (secondary N) is 1. The molecule has 3 nitrogen and oxygen atoms in total. The second-order valence-corrected chi connectivity index (χ2v) is 7.28. The second kappa shape index (κ2) is 6.67. The molecule has 4 rings (SSSR count). The Morgan fingerprint density at radius 2 is 1.91 bits per heavy atom. The third-order valence-electron chi connectivity index (χ3n) is 5.09. The summed E-state index contributed by atoms with van der Waals surface area (Å²) >= 11 is 1.90. The molecule has 118 valence electrons. The molecule has 1 N–H and O–H groups in total. The van der Waals surface area contributed by atoms with Gasteiger partial charge in [0.05, 0.1) is 0 Å². The van der Waals surface area contributed by atoms with Crippen LogP contribution >= 0.6 is 11.3 Å². The van der Waals surface area contributed by atoms with Gasteiger partial charge in [-0.2, -0.15) is 0 Å². The van der Waals surface area contributed by atoms with Gasteiger partial charge < -0.3 is 10.1 Å². The van der Waals surface area contributed by atoms with Crippen LogP contribution in [0.4, 0.5) is 0 Å². The first-order valence-electron chi connectivity index (χ1n) is 8.42. The van der Waals surface area contributed by atoms with Crippen LogP contribution in [0.2, 0.25) is 0 Å². The number of thiophene rings is 1. The predicted molar refractivity (Wildman–Crippen MR) is 92.6 cm³/mol. The highest BCUT2D eigenvalue weighted by Gasteiger charge is 2.32. The summed E-state index contributed by atoms with van der Waals surface area (Å²) < 4.78 is 7.03. The minimum Gasteiger partial charge on any atom is -0.381 e. The first-order chi connectivity index (χ1) is 10.9. The molecule has 0 saturated carbocycles. The SMILES string of the molecule is c1ccc2c([C@H](C3CCOCC3)N3CCNCC3)csc2c1. The molecular formula is C18H24N2OS. The lowest BCUT2D eigenvalue weighted by molar-refractivity contribution is 0.0218. The summed E-state index contributed by atoms with van der Waals surface area (Å²) in [5.74, 6) is 0.727. The summed E-state index contributed by atoms with van der Waals surface area (Å²) in [6.07, 6.45) is 2.39. The van der Waals surface area contributed by atoms with E-state index in [9.17, 15) is 0 Å². The molecule has 0 bridgehead atoms. The van der Waals surface area contributed by atoms with Gasteiger partial charge in [0.15, 0.2) is 0 Å². The van der Waals surface area contributed by atoms with Crippen LogP contribution in [0, 0.1) is 5.92 Å². The average molecular weight is 316 g/mol. The van der Waals surface area contributed by atoms with E-state index in [1.807, 2.05) is 11.3 Å². The van der Waals surface area contributed by atoms with E-state index in [1.165, 1.54) is 22.9 Å². The zero-order chi connectivity index (χ0) is 14.8. The highest BCUT2D eigenvalue weighted by molar-refractivity contribution is 7.17. The predicted octanol–water partition coefficient (Wildman–Crippen LogP) is 3.27. The molecule has 0 spiro atoms. The molecule has 1 aromatic heterocycles. The summed E-state index contributed by atoms with van der Waals surface area (Å²) in [7, 11) is 0. The maximum absolute atomic E-state index is 5.61. The van der Waals surface area contributed by atoms with Gasteiger partial charge in [-0.3, -0.25) is 4.90 Å². The number of ether oxygens (including phenoxy) is 1. The molecule has 2 fully saturated rings. The molecule has 2 aromatic rings. The van der Waals surface area contributed by atoms with Crippen molar-refractivity contribution in [3.8, 4) is 0 Å². The van der Waals surface area contributed by atoms with E-state index >= 15 is 0 Å². The molecule has 3 heterocycles. The van der Waals surface area contributed by atoms with Gasteiger partial charge in [-0.05, 0) is 41.2 Å². The van der Waals surface area contributed by atoms with Gasteiger partial charge in [-0.25, -0.2) is 0 Å². The van der Waals surface area contributed by atoms with Crippen LogP contribution in [-0.2, 0) is 4.74 Å². The molecule has 2 aliphatic rings. The molecule has 22 heavy (non-hydrogen) atoms. The van der Waals surface area contributed by atoms with E-state index in [4.69, 9.17) is 4.74 Å². The van der Waals surface area contributed by atoms with E-state index in [0.29, 0.717) is 6.04 Å². The minimum absolute atomic E-state index is 0.558. The molecular weight excluding hydrogens is 292 g/mol. The Morgan fingerprint density at radius 3 is 2.73 bits per heavy atom. The van der Waals surface area contributed by atoms with Gasteiger partial charge in [0, 0.05) is 50.1 Å². The number of benzene rings is 1. The average Bonchev–Trinajstić information content (AvgIpc) is 3.01. The Labute approximate surface area is 136 Å². The van der Waals surface area contributed by atoms with Crippen molar-refractivity contribution >= 4 is 21.4 Å². The highest BCUT2D eigenvalue weighted by Crippen LogP contribution is 2.40. The highest BCUT2D eigenvalue weighted by atomic mass is 32.1. The van der Waals surface area contributed by atoms with Crippen molar-refractivity contribution in [1.82, 2.24) is 10.2 Å². The summed E-state index contributed by atoms with van der Waals surface area (Å²) in [4.78, 5) is 2.71. The molecule has 0 aliphatic carbocycles. The lowest BCUT2D eigenvalue weighted by Crippen LogP contribution is -2.47. The lowest BCUT2D eigenvalue weighted by atomic mass is 9.85. The number of hydrogen-bond donors (Lipinski definition) is 1. The standard InChI is InChI=1S/C18H24N2OS/c1-2-4-17-15(3-1)16(13-22-17)18(14-5-11-21-12-6-14)20-9-7-19-8-10-20/h1-4,13-14,18-19H,5-12H2/t18-/m0/s1. The zero-order valence-electron chi connectivity index (χ0n) is 13.0. The molecule has 4 heteroatoms. The summed E-state index contributed by atoms with van der Waals surface area (Å²) in [6.45, 7) is 6.40. The van der Waals surface area contributed by atoms with Crippen molar-refractivity contribution in [3.63, 3.8) is 0 Å². The normalized spacial score (nSPS) is 22.9. The number of hydrogen-bond acceptors (Lipinski definition) is 4. The van der Waals surface area contributed by atoms with Crippen LogP contribution in [0.3, 0.4) is 0 Å². The quantitative estimate of drug-likeness (QED) is 0.940. The topological polar surface area (TPSA) is 24.5 Å².